The minimum atomic E-state index is -3.53. The van der Waals surface area contributed by atoms with Gasteiger partial charge in [-0.05, 0) is 61.6 Å². The number of amides is 1. The molecule has 5 nitrogen and oxygen atoms in total. The average Bonchev–Trinajstić information content (AvgIpc) is 2.71. The Morgan fingerprint density at radius 2 is 1.59 bits per heavy atom. The summed E-state index contributed by atoms with van der Waals surface area (Å²) in [6, 6.07) is 13.4. The Hall–Kier alpha value is -1.60. The predicted octanol–water partition coefficient (Wildman–Crippen LogP) is 6.26. The minimum absolute atomic E-state index is 0.149. The van der Waals surface area contributed by atoms with Gasteiger partial charge in [0.2, 0.25) is 5.91 Å². The van der Waals surface area contributed by atoms with Crippen molar-refractivity contribution in [2.75, 3.05) is 12.4 Å². The minimum Gasteiger partial charge on any atom is -0.361 e. The highest BCUT2D eigenvalue weighted by Gasteiger charge is 2.48. The second kappa shape index (κ2) is 9.81. The third-order valence-electron chi connectivity index (χ3n) is 6.30. The van der Waals surface area contributed by atoms with Crippen molar-refractivity contribution in [1.82, 2.24) is 4.90 Å². The molecular weight excluding hydrogens is 493 g/mol. The highest BCUT2D eigenvalue weighted by Crippen LogP contribution is 2.45. The second-order valence-corrected chi connectivity index (χ2v) is 14.5. The third-order valence-corrected chi connectivity index (χ3v) is 9.40. The Labute approximate surface area is 213 Å². The molecule has 2 aromatic carbocycles. The van der Waals surface area contributed by atoms with Gasteiger partial charge in [-0.3, -0.25) is 4.79 Å². The van der Waals surface area contributed by atoms with Crippen LogP contribution in [0, 0.1) is 5.41 Å². The second-order valence-electron chi connectivity index (χ2n) is 10.9. The van der Waals surface area contributed by atoms with Crippen molar-refractivity contribution in [2.24, 2.45) is 5.41 Å². The van der Waals surface area contributed by atoms with E-state index in [-0.39, 0.29) is 18.3 Å². The zero-order chi connectivity index (χ0) is 25.5. The predicted molar refractivity (Wildman–Crippen MR) is 138 cm³/mol. The number of carbonyl (C=O) groups excluding carboxylic acids is 1. The van der Waals surface area contributed by atoms with E-state index in [1.54, 1.807) is 43.9 Å². The molecule has 0 spiro atoms. The lowest BCUT2D eigenvalue weighted by molar-refractivity contribution is -0.166. The van der Waals surface area contributed by atoms with Crippen LogP contribution < -0.4 is 0 Å². The van der Waals surface area contributed by atoms with Crippen LogP contribution in [0.2, 0.25) is 10.0 Å². The van der Waals surface area contributed by atoms with Gasteiger partial charge in [0.05, 0.1) is 22.6 Å². The first-order valence-corrected chi connectivity index (χ1v) is 13.7. The van der Waals surface area contributed by atoms with E-state index < -0.39 is 38.2 Å². The number of hydrogen-bond donors (Lipinski definition) is 0. The van der Waals surface area contributed by atoms with E-state index in [1.807, 2.05) is 51.1 Å². The summed E-state index contributed by atoms with van der Waals surface area (Å²) in [4.78, 5) is 15.2. The summed E-state index contributed by atoms with van der Waals surface area (Å²) in [5.74, 6) is -0.403. The molecule has 1 fully saturated rings. The highest BCUT2D eigenvalue weighted by atomic mass is 35.5. The lowest BCUT2D eigenvalue weighted by Gasteiger charge is -2.49. The number of nitrogens with zero attached hydrogens (tertiary/aromatic N) is 1. The monoisotopic (exact) mass is 525 g/mol. The lowest BCUT2D eigenvalue weighted by atomic mass is 9.83. The maximum atomic E-state index is 13.5. The van der Waals surface area contributed by atoms with E-state index in [4.69, 9.17) is 27.9 Å². The molecule has 0 aromatic heterocycles. The van der Waals surface area contributed by atoms with E-state index in [0.29, 0.717) is 10.0 Å². The van der Waals surface area contributed by atoms with Gasteiger partial charge in [0.15, 0.2) is 9.84 Å². The van der Waals surface area contributed by atoms with Crippen LogP contribution in [0.15, 0.2) is 48.5 Å². The molecule has 1 aliphatic heterocycles. The Kier molecular flexibility index (Phi) is 7.79. The van der Waals surface area contributed by atoms with Crippen molar-refractivity contribution >= 4 is 38.9 Å². The molecule has 186 valence electrons. The molecule has 1 heterocycles. The quantitative estimate of drug-likeness (QED) is 0.461. The van der Waals surface area contributed by atoms with E-state index in [2.05, 4.69) is 0 Å². The Morgan fingerprint density at radius 1 is 0.971 bits per heavy atom. The summed E-state index contributed by atoms with van der Waals surface area (Å²) in [7, 11) is -3.53. The molecule has 0 aliphatic carbocycles. The molecular formula is C26H33Cl2NO4S. The van der Waals surface area contributed by atoms with Crippen molar-refractivity contribution in [1.29, 1.82) is 0 Å². The van der Waals surface area contributed by atoms with Crippen LogP contribution in [0.1, 0.15) is 64.8 Å². The standard InChI is InChI=1S/C26H33Cl2NO4S/c1-25(2,3)21(16-34(31,32)26(4,5)6)29-22(30)15-33-24(18-8-7-9-20(28)14-18)23(29)17-10-12-19(27)13-11-17/h7-14,21,23-24H,15-16H2,1-6H3/t21-,23+,24+/m0/s1. The largest absolute Gasteiger partial charge is 0.361 e. The van der Waals surface area contributed by atoms with Crippen LogP contribution in [0.25, 0.3) is 0 Å². The highest BCUT2D eigenvalue weighted by molar-refractivity contribution is 7.92. The van der Waals surface area contributed by atoms with E-state index >= 15 is 0 Å². The smallest absolute Gasteiger partial charge is 0.249 e. The number of sulfone groups is 1. The summed E-state index contributed by atoms with van der Waals surface area (Å²) in [5, 5.41) is 1.13. The van der Waals surface area contributed by atoms with Gasteiger partial charge < -0.3 is 9.64 Å². The molecule has 0 radical (unpaired) electrons. The van der Waals surface area contributed by atoms with Crippen LogP contribution in [0.4, 0.5) is 0 Å². The van der Waals surface area contributed by atoms with E-state index in [0.717, 1.165) is 11.1 Å². The topological polar surface area (TPSA) is 63.7 Å². The average molecular weight is 527 g/mol. The lowest BCUT2D eigenvalue weighted by Crippen LogP contribution is -2.58. The summed E-state index contributed by atoms with van der Waals surface area (Å²) in [6.45, 7) is 10.8. The van der Waals surface area contributed by atoms with Gasteiger partial charge in [-0.1, -0.05) is 68.2 Å². The van der Waals surface area contributed by atoms with E-state index in [9.17, 15) is 13.2 Å². The van der Waals surface area contributed by atoms with Gasteiger partial charge in [-0.15, -0.1) is 0 Å². The molecule has 0 unspecified atom stereocenters. The number of halogens is 2. The molecule has 2 aromatic rings. The fourth-order valence-corrected chi connectivity index (χ4v) is 6.06. The molecule has 34 heavy (non-hydrogen) atoms. The molecule has 0 saturated carbocycles. The zero-order valence-corrected chi connectivity index (χ0v) is 22.8. The van der Waals surface area contributed by atoms with Gasteiger partial charge in [-0.2, -0.15) is 0 Å². The fraction of sp³-hybridized carbons (Fsp3) is 0.500. The molecule has 3 rings (SSSR count). The number of morpholine rings is 1. The SMILES string of the molecule is CC(C)(C)[C@H](CS(=O)(=O)C(C)(C)C)N1C(=O)CO[C@H](c2cccc(Cl)c2)[C@H]1c1ccc(Cl)cc1. The molecule has 1 aliphatic rings. The van der Waals surface area contributed by atoms with Crippen molar-refractivity contribution in [2.45, 2.75) is 64.5 Å². The number of rotatable bonds is 5. The molecule has 3 atom stereocenters. The van der Waals surface area contributed by atoms with Gasteiger partial charge in [-0.25, -0.2) is 8.42 Å². The van der Waals surface area contributed by atoms with Crippen molar-refractivity contribution in [3.05, 3.63) is 69.7 Å². The maximum absolute atomic E-state index is 13.5. The molecule has 1 amide bonds. The third kappa shape index (κ3) is 5.78. The molecule has 0 N–H and O–H groups in total. The normalized spacial score (nSPS) is 20.9. The van der Waals surface area contributed by atoms with Crippen LogP contribution in [-0.2, 0) is 19.4 Å². The van der Waals surface area contributed by atoms with Crippen LogP contribution in [-0.4, -0.2) is 42.4 Å². The fourth-order valence-electron chi connectivity index (χ4n) is 4.16. The zero-order valence-electron chi connectivity index (χ0n) is 20.5. The number of hydrogen-bond acceptors (Lipinski definition) is 4. The van der Waals surface area contributed by atoms with Gasteiger partial charge in [0, 0.05) is 10.0 Å². The summed E-state index contributed by atoms with van der Waals surface area (Å²) in [6.07, 6.45) is -0.528. The van der Waals surface area contributed by atoms with Crippen molar-refractivity contribution in [3.63, 3.8) is 0 Å². The Morgan fingerprint density at radius 3 is 2.12 bits per heavy atom. The van der Waals surface area contributed by atoms with E-state index in [1.165, 1.54) is 0 Å². The van der Waals surface area contributed by atoms with Crippen LogP contribution in [0.3, 0.4) is 0 Å². The maximum Gasteiger partial charge on any atom is 0.249 e. The summed E-state index contributed by atoms with van der Waals surface area (Å²) in [5.41, 5.74) is 1.11. The molecule has 8 heteroatoms. The summed E-state index contributed by atoms with van der Waals surface area (Å²) >= 11 is 12.4. The van der Waals surface area contributed by atoms with Gasteiger partial charge in [0.25, 0.3) is 0 Å². The first-order chi connectivity index (χ1) is 15.6. The number of carbonyl (C=O) groups is 1. The number of benzene rings is 2. The van der Waals surface area contributed by atoms with Gasteiger partial charge in [0.1, 0.15) is 12.7 Å². The van der Waals surface area contributed by atoms with Crippen molar-refractivity contribution < 1.29 is 17.9 Å². The Bertz CT molecular complexity index is 1130. The first-order valence-electron chi connectivity index (χ1n) is 11.3. The molecule has 1 saturated heterocycles. The summed E-state index contributed by atoms with van der Waals surface area (Å²) < 4.78 is 31.8. The Balaban J connectivity index is 2.20. The van der Waals surface area contributed by atoms with Crippen molar-refractivity contribution in [3.8, 4) is 0 Å². The number of ether oxygens (including phenoxy) is 1. The van der Waals surface area contributed by atoms with Crippen LogP contribution in [0.5, 0.6) is 0 Å². The first kappa shape index (κ1) is 27.0. The molecule has 0 bridgehead atoms. The van der Waals surface area contributed by atoms with Crippen LogP contribution >= 0.6 is 23.2 Å². The van der Waals surface area contributed by atoms with Gasteiger partial charge >= 0.3 is 0 Å².